The lowest BCUT2D eigenvalue weighted by Gasteiger charge is -2.38. The largest absolute Gasteiger partial charge is 0.444 e. The van der Waals surface area contributed by atoms with Crippen LogP contribution < -0.4 is 5.56 Å². The molecule has 39 heavy (non-hydrogen) atoms. The molecule has 2 heterocycles. The van der Waals surface area contributed by atoms with Crippen LogP contribution in [0.15, 0.2) is 51.7 Å². The van der Waals surface area contributed by atoms with Gasteiger partial charge in [0, 0.05) is 13.0 Å². The van der Waals surface area contributed by atoms with Crippen LogP contribution in [-0.4, -0.2) is 47.1 Å². The highest BCUT2D eigenvalue weighted by molar-refractivity contribution is 9.10. The zero-order valence-electron chi connectivity index (χ0n) is 23.8. The van der Waals surface area contributed by atoms with Gasteiger partial charge in [-0.05, 0) is 79.1 Å². The summed E-state index contributed by atoms with van der Waals surface area (Å²) in [7, 11) is -2.17. The number of aromatic nitrogens is 2. The Kier molecular flexibility index (Phi) is 7.88. The molecule has 1 saturated heterocycles. The average Bonchev–Trinajstić information content (AvgIpc) is 3.23. The Morgan fingerprint density at radius 3 is 2.31 bits per heavy atom. The summed E-state index contributed by atoms with van der Waals surface area (Å²) in [5, 5.41) is 0.115. The first-order valence-corrected chi connectivity index (χ1v) is 16.8. The molecule has 0 saturated carbocycles. The summed E-state index contributed by atoms with van der Waals surface area (Å²) in [6.45, 7) is 16.6. The summed E-state index contributed by atoms with van der Waals surface area (Å²) in [6, 6.07) is 11.2. The molecule has 0 spiro atoms. The third-order valence-electron chi connectivity index (χ3n) is 7.42. The van der Waals surface area contributed by atoms with Crippen LogP contribution >= 0.6 is 15.9 Å². The number of halogens is 2. The van der Waals surface area contributed by atoms with Gasteiger partial charge in [0.15, 0.2) is 8.32 Å². The van der Waals surface area contributed by atoms with Gasteiger partial charge in [-0.2, -0.15) is 0 Å². The second-order valence-corrected chi connectivity index (χ2v) is 18.1. The second-order valence-electron chi connectivity index (χ2n) is 12.6. The number of fused-ring (bicyclic) bond motifs is 1. The molecule has 1 aliphatic heterocycles. The molecule has 2 aromatic carbocycles. The van der Waals surface area contributed by atoms with Crippen LogP contribution in [0.5, 0.6) is 0 Å². The minimum atomic E-state index is -2.17. The van der Waals surface area contributed by atoms with E-state index < -0.39 is 37.4 Å². The molecule has 210 valence electrons. The molecule has 0 bridgehead atoms. The van der Waals surface area contributed by atoms with Crippen molar-refractivity contribution in [2.45, 2.75) is 83.8 Å². The minimum Gasteiger partial charge on any atom is -0.444 e. The molecular formula is C29H37BrFN3O4Si. The van der Waals surface area contributed by atoms with E-state index in [2.05, 4.69) is 49.8 Å². The van der Waals surface area contributed by atoms with Crippen LogP contribution in [0.4, 0.5) is 9.18 Å². The van der Waals surface area contributed by atoms with Crippen molar-refractivity contribution >= 4 is 41.2 Å². The maximum absolute atomic E-state index is 14.5. The maximum atomic E-state index is 14.5. The Balaban J connectivity index is 1.92. The minimum absolute atomic E-state index is 0.0223. The van der Waals surface area contributed by atoms with E-state index in [1.165, 1.54) is 16.7 Å². The number of ether oxygens (including phenoxy) is 1. The number of carbonyl (C=O) groups excluding carboxylic acids is 1. The first kappa shape index (κ1) is 29.4. The van der Waals surface area contributed by atoms with Gasteiger partial charge in [0.2, 0.25) is 0 Å². The Morgan fingerprint density at radius 1 is 1.08 bits per heavy atom. The van der Waals surface area contributed by atoms with E-state index in [9.17, 15) is 14.0 Å². The predicted molar refractivity (Wildman–Crippen MR) is 157 cm³/mol. The van der Waals surface area contributed by atoms with Gasteiger partial charge in [-0.25, -0.2) is 14.2 Å². The molecule has 1 fully saturated rings. The van der Waals surface area contributed by atoms with E-state index in [1.807, 2.05) is 39.0 Å². The first-order valence-electron chi connectivity index (χ1n) is 13.1. The summed E-state index contributed by atoms with van der Waals surface area (Å²) in [5.41, 5.74) is -0.224. The van der Waals surface area contributed by atoms with Crippen molar-refractivity contribution in [3.8, 4) is 5.69 Å². The quantitative estimate of drug-likeness (QED) is 0.286. The van der Waals surface area contributed by atoms with Gasteiger partial charge in [0.05, 0.1) is 33.2 Å². The summed E-state index contributed by atoms with van der Waals surface area (Å²) in [5.74, 6) is -0.169. The number of rotatable bonds is 4. The molecule has 3 aromatic rings. The highest BCUT2D eigenvalue weighted by atomic mass is 79.9. The lowest BCUT2D eigenvalue weighted by molar-refractivity contribution is 0.0201. The van der Waals surface area contributed by atoms with E-state index in [0.29, 0.717) is 30.0 Å². The Labute approximate surface area is 238 Å². The van der Waals surface area contributed by atoms with Crippen molar-refractivity contribution in [3.05, 3.63) is 68.9 Å². The van der Waals surface area contributed by atoms with E-state index in [-0.39, 0.29) is 21.0 Å². The molecule has 0 N–H and O–H groups in total. The molecule has 2 atom stereocenters. The lowest BCUT2D eigenvalue weighted by atomic mass is 10.1. The SMILES string of the molecule is CC(C)(C)OC(=O)N1CC(O[Si](C)(C)C(C)(C)C)CC1c1nc2ccc(F)c(Br)c2c(=O)n1-c1ccccc1. The maximum Gasteiger partial charge on any atom is 0.411 e. The van der Waals surface area contributed by atoms with Crippen LogP contribution in [0.25, 0.3) is 16.6 Å². The van der Waals surface area contributed by atoms with Crippen molar-refractivity contribution in [1.29, 1.82) is 0 Å². The van der Waals surface area contributed by atoms with Gasteiger partial charge in [-0.1, -0.05) is 39.0 Å². The van der Waals surface area contributed by atoms with E-state index >= 15 is 0 Å². The normalized spacial score (nSPS) is 18.6. The van der Waals surface area contributed by atoms with Crippen molar-refractivity contribution in [3.63, 3.8) is 0 Å². The molecule has 7 nitrogen and oxygen atoms in total. The van der Waals surface area contributed by atoms with E-state index in [0.717, 1.165) is 0 Å². The van der Waals surface area contributed by atoms with E-state index in [1.54, 1.807) is 17.0 Å². The zero-order valence-corrected chi connectivity index (χ0v) is 26.4. The van der Waals surface area contributed by atoms with Crippen LogP contribution in [-0.2, 0) is 9.16 Å². The summed E-state index contributed by atoms with van der Waals surface area (Å²) in [6.07, 6.45) is -0.318. The van der Waals surface area contributed by atoms with Gasteiger partial charge in [-0.3, -0.25) is 14.3 Å². The highest BCUT2D eigenvalue weighted by Gasteiger charge is 2.46. The Hall–Kier alpha value is -2.56. The molecule has 10 heteroatoms. The van der Waals surface area contributed by atoms with Gasteiger partial charge < -0.3 is 9.16 Å². The van der Waals surface area contributed by atoms with Crippen molar-refractivity contribution < 1.29 is 18.3 Å². The van der Waals surface area contributed by atoms with Crippen LogP contribution in [0.3, 0.4) is 0 Å². The number of carbonyl (C=O) groups is 1. The monoisotopic (exact) mass is 617 g/mol. The van der Waals surface area contributed by atoms with Crippen LogP contribution in [0.2, 0.25) is 18.1 Å². The molecule has 0 aliphatic carbocycles. The second kappa shape index (κ2) is 10.4. The first-order chi connectivity index (χ1) is 18.0. The number of hydrogen-bond acceptors (Lipinski definition) is 5. The number of para-hydroxylation sites is 1. The van der Waals surface area contributed by atoms with Crippen LogP contribution in [0.1, 0.15) is 59.8 Å². The smallest absolute Gasteiger partial charge is 0.411 e. The molecule has 0 radical (unpaired) electrons. The molecular weight excluding hydrogens is 581 g/mol. The van der Waals surface area contributed by atoms with Gasteiger partial charge >= 0.3 is 6.09 Å². The van der Waals surface area contributed by atoms with E-state index in [4.69, 9.17) is 14.1 Å². The van der Waals surface area contributed by atoms with Crippen LogP contribution in [0, 0.1) is 5.82 Å². The number of hydrogen-bond donors (Lipinski definition) is 0. The summed E-state index contributed by atoms with van der Waals surface area (Å²) < 4.78 is 28.6. The van der Waals surface area contributed by atoms with Crippen molar-refractivity contribution in [2.24, 2.45) is 0 Å². The number of amides is 1. The molecule has 4 rings (SSSR count). The molecule has 1 aliphatic rings. The third kappa shape index (κ3) is 5.97. The van der Waals surface area contributed by atoms with Gasteiger partial charge in [0.1, 0.15) is 17.2 Å². The number of nitrogens with zero attached hydrogens (tertiary/aromatic N) is 3. The highest BCUT2D eigenvalue weighted by Crippen LogP contribution is 2.42. The summed E-state index contributed by atoms with van der Waals surface area (Å²) >= 11 is 3.25. The average molecular weight is 619 g/mol. The van der Waals surface area contributed by atoms with Crippen molar-refractivity contribution in [1.82, 2.24) is 14.5 Å². The Bertz CT molecular complexity index is 1450. The fourth-order valence-electron chi connectivity index (χ4n) is 4.52. The zero-order chi connectivity index (χ0) is 28.9. The Morgan fingerprint density at radius 2 is 1.72 bits per heavy atom. The fraction of sp³-hybridized carbons (Fsp3) is 0.483. The number of benzene rings is 2. The molecule has 1 aromatic heterocycles. The van der Waals surface area contributed by atoms with Gasteiger partial charge in [-0.15, -0.1) is 0 Å². The standard InChI is InChI=1S/C29H37BrFN3O4Si/c1-28(2,3)37-27(36)33-17-19(38-39(7,8)29(4,5)6)16-22(33)25-32-21-15-14-20(31)24(30)23(21)26(35)34(25)18-12-10-9-11-13-18/h9-15,19,22H,16-17H2,1-8H3. The molecule has 1 amide bonds. The topological polar surface area (TPSA) is 73.7 Å². The number of likely N-dealkylation sites (tertiary alicyclic amines) is 1. The predicted octanol–water partition coefficient (Wildman–Crippen LogP) is 7.36. The van der Waals surface area contributed by atoms with Gasteiger partial charge in [0.25, 0.3) is 5.56 Å². The molecule has 2 unspecified atom stereocenters. The fourth-order valence-corrected chi connectivity index (χ4v) is 6.38. The third-order valence-corrected chi connectivity index (χ3v) is 12.7. The van der Waals surface area contributed by atoms with Crippen molar-refractivity contribution in [2.75, 3.05) is 6.54 Å². The lowest BCUT2D eigenvalue weighted by Crippen LogP contribution is -2.45. The summed E-state index contributed by atoms with van der Waals surface area (Å²) in [4.78, 5) is 34.0.